The number of hydrogen-bond acceptors (Lipinski definition) is 6. The third-order valence-electron chi connectivity index (χ3n) is 4.52. The second kappa shape index (κ2) is 8.18. The van der Waals surface area contributed by atoms with E-state index in [1.165, 1.54) is 0 Å². The van der Waals surface area contributed by atoms with E-state index < -0.39 is 0 Å². The van der Waals surface area contributed by atoms with E-state index in [-0.39, 0.29) is 12.1 Å². The number of rotatable bonds is 5. The van der Waals surface area contributed by atoms with Crippen molar-refractivity contribution in [3.8, 4) is 17.2 Å². The van der Waals surface area contributed by atoms with Crippen molar-refractivity contribution in [2.45, 2.75) is 32.3 Å². The molecule has 0 atom stereocenters. The Hall–Kier alpha value is -2.61. The predicted molar refractivity (Wildman–Crippen MR) is 96.3 cm³/mol. The van der Waals surface area contributed by atoms with Gasteiger partial charge in [-0.25, -0.2) is 4.79 Å². The number of anilines is 1. The van der Waals surface area contributed by atoms with Gasteiger partial charge in [-0.1, -0.05) is 6.92 Å². The molecule has 0 saturated carbocycles. The first-order chi connectivity index (χ1) is 12.6. The van der Waals surface area contributed by atoms with Gasteiger partial charge in [0.05, 0.1) is 18.9 Å². The van der Waals surface area contributed by atoms with Gasteiger partial charge in [-0.15, -0.1) is 10.2 Å². The van der Waals surface area contributed by atoms with Gasteiger partial charge in [0, 0.05) is 32.2 Å². The first-order valence-electron chi connectivity index (χ1n) is 8.74. The fraction of sp³-hybridized carbons (Fsp3) is 0.500. The second-order valence-corrected chi connectivity index (χ2v) is 6.12. The minimum absolute atomic E-state index is 0.158. The lowest BCUT2D eigenvalue weighted by Crippen LogP contribution is -2.42. The van der Waals surface area contributed by atoms with Crippen LogP contribution in [0.2, 0.25) is 0 Å². The first-order valence-corrected chi connectivity index (χ1v) is 8.74. The minimum atomic E-state index is -0.158. The molecule has 1 aromatic heterocycles. The summed E-state index contributed by atoms with van der Waals surface area (Å²) in [7, 11) is 3.27. The van der Waals surface area contributed by atoms with Crippen LogP contribution in [0.3, 0.4) is 0 Å². The number of methoxy groups -OCH3 is 2. The highest BCUT2D eigenvalue weighted by Crippen LogP contribution is 2.30. The zero-order valence-electron chi connectivity index (χ0n) is 15.3. The van der Waals surface area contributed by atoms with Gasteiger partial charge in [-0.3, -0.25) is 0 Å². The van der Waals surface area contributed by atoms with E-state index in [9.17, 15) is 4.79 Å². The SMILES string of the molecule is CCc1nnc(-c2ccc(OC)c(NC(=O)N3CCC(OC)CC3)c2)o1. The van der Waals surface area contributed by atoms with E-state index in [1.807, 2.05) is 13.0 Å². The van der Waals surface area contributed by atoms with Crippen molar-refractivity contribution in [1.29, 1.82) is 0 Å². The van der Waals surface area contributed by atoms with Crippen LogP contribution < -0.4 is 10.1 Å². The Morgan fingerprint density at radius 2 is 2.08 bits per heavy atom. The standard InChI is InChI=1S/C18H24N4O4/c1-4-16-20-21-17(26-16)12-5-6-15(25-3)14(11-12)19-18(23)22-9-7-13(24-2)8-10-22/h5-6,11,13H,4,7-10H2,1-3H3,(H,19,23). The lowest BCUT2D eigenvalue weighted by Gasteiger charge is -2.31. The first kappa shape index (κ1) is 18.2. The molecule has 1 saturated heterocycles. The average Bonchev–Trinajstić information content (AvgIpc) is 3.17. The molecular weight excluding hydrogens is 336 g/mol. The van der Waals surface area contributed by atoms with Crippen LogP contribution >= 0.6 is 0 Å². The summed E-state index contributed by atoms with van der Waals surface area (Å²) in [6.07, 6.45) is 2.57. The molecule has 1 N–H and O–H groups in total. The number of carbonyl (C=O) groups is 1. The summed E-state index contributed by atoms with van der Waals surface area (Å²) in [4.78, 5) is 14.4. The van der Waals surface area contributed by atoms with E-state index in [1.54, 1.807) is 31.3 Å². The minimum Gasteiger partial charge on any atom is -0.495 e. The molecule has 0 spiro atoms. The number of benzene rings is 1. The molecule has 0 aliphatic carbocycles. The summed E-state index contributed by atoms with van der Waals surface area (Å²) in [5, 5.41) is 10.9. The smallest absolute Gasteiger partial charge is 0.321 e. The summed E-state index contributed by atoms with van der Waals surface area (Å²) in [5.74, 6) is 1.56. The number of nitrogens with one attached hydrogen (secondary N) is 1. The van der Waals surface area contributed by atoms with Gasteiger partial charge in [-0.05, 0) is 31.0 Å². The molecular formula is C18H24N4O4. The van der Waals surface area contributed by atoms with E-state index in [2.05, 4.69) is 15.5 Å². The molecule has 0 unspecified atom stereocenters. The van der Waals surface area contributed by atoms with Crippen molar-refractivity contribution in [2.24, 2.45) is 0 Å². The Kier molecular flexibility index (Phi) is 5.72. The third-order valence-corrected chi connectivity index (χ3v) is 4.52. The molecule has 2 amide bonds. The molecule has 1 aliphatic rings. The van der Waals surface area contributed by atoms with Gasteiger partial charge in [0.1, 0.15) is 5.75 Å². The maximum Gasteiger partial charge on any atom is 0.321 e. The molecule has 26 heavy (non-hydrogen) atoms. The van der Waals surface area contributed by atoms with Gasteiger partial charge in [0.2, 0.25) is 11.8 Å². The Labute approximate surface area is 152 Å². The van der Waals surface area contributed by atoms with Gasteiger partial charge in [0.25, 0.3) is 0 Å². The Morgan fingerprint density at radius 1 is 1.31 bits per heavy atom. The van der Waals surface area contributed by atoms with Crippen LogP contribution in [0.1, 0.15) is 25.7 Å². The summed E-state index contributed by atoms with van der Waals surface area (Å²) in [5.41, 5.74) is 1.30. The van der Waals surface area contributed by atoms with E-state index in [0.29, 0.717) is 42.7 Å². The number of piperidine rings is 1. The van der Waals surface area contributed by atoms with Gasteiger partial charge < -0.3 is 24.1 Å². The quantitative estimate of drug-likeness (QED) is 0.882. The van der Waals surface area contributed by atoms with Gasteiger partial charge in [-0.2, -0.15) is 0 Å². The molecule has 1 aliphatic heterocycles. The van der Waals surface area contributed by atoms with Crippen LogP contribution in [-0.2, 0) is 11.2 Å². The summed E-state index contributed by atoms with van der Waals surface area (Å²) >= 11 is 0. The zero-order valence-corrected chi connectivity index (χ0v) is 15.3. The number of amides is 2. The number of likely N-dealkylation sites (tertiary alicyclic amines) is 1. The number of ether oxygens (including phenoxy) is 2. The second-order valence-electron chi connectivity index (χ2n) is 6.12. The maximum atomic E-state index is 12.6. The molecule has 2 aromatic rings. The van der Waals surface area contributed by atoms with Gasteiger partial charge >= 0.3 is 6.03 Å². The normalized spacial score (nSPS) is 15.1. The fourth-order valence-electron chi connectivity index (χ4n) is 2.94. The topological polar surface area (TPSA) is 89.7 Å². The average molecular weight is 360 g/mol. The number of aromatic nitrogens is 2. The van der Waals surface area contributed by atoms with Crippen LogP contribution in [0.15, 0.2) is 22.6 Å². The third kappa shape index (κ3) is 3.96. The molecule has 8 nitrogen and oxygen atoms in total. The van der Waals surface area contributed by atoms with Crippen LogP contribution in [0.4, 0.5) is 10.5 Å². The molecule has 3 rings (SSSR count). The van der Waals surface area contributed by atoms with Crippen molar-refractivity contribution in [3.05, 3.63) is 24.1 Å². The number of carbonyl (C=O) groups excluding carboxylic acids is 1. The van der Waals surface area contributed by atoms with Crippen molar-refractivity contribution in [3.63, 3.8) is 0 Å². The molecule has 140 valence electrons. The highest BCUT2D eigenvalue weighted by Gasteiger charge is 2.23. The number of hydrogen-bond donors (Lipinski definition) is 1. The molecule has 8 heteroatoms. The molecule has 1 aromatic carbocycles. The molecule has 2 heterocycles. The summed E-state index contributed by atoms with van der Waals surface area (Å²) < 4.78 is 16.3. The van der Waals surface area contributed by atoms with Crippen LogP contribution in [0, 0.1) is 0 Å². The van der Waals surface area contributed by atoms with Crippen molar-refractivity contribution >= 4 is 11.7 Å². The molecule has 0 bridgehead atoms. The van der Waals surface area contributed by atoms with E-state index in [4.69, 9.17) is 13.9 Å². The van der Waals surface area contributed by atoms with Crippen LogP contribution in [-0.4, -0.2) is 54.5 Å². The van der Waals surface area contributed by atoms with E-state index >= 15 is 0 Å². The maximum absolute atomic E-state index is 12.6. The Balaban J connectivity index is 1.75. The highest BCUT2D eigenvalue weighted by atomic mass is 16.5. The zero-order chi connectivity index (χ0) is 18.5. The van der Waals surface area contributed by atoms with E-state index in [0.717, 1.165) is 18.4 Å². The Morgan fingerprint density at radius 3 is 2.69 bits per heavy atom. The number of nitrogens with zero attached hydrogens (tertiary/aromatic N) is 3. The summed E-state index contributed by atoms with van der Waals surface area (Å²) in [6, 6.07) is 5.23. The fourth-order valence-corrected chi connectivity index (χ4v) is 2.94. The predicted octanol–water partition coefficient (Wildman–Crippen LogP) is 2.95. The largest absolute Gasteiger partial charge is 0.495 e. The number of aryl methyl sites for hydroxylation is 1. The highest BCUT2D eigenvalue weighted by molar-refractivity contribution is 5.92. The number of urea groups is 1. The molecule has 0 radical (unpaired) electrons. The lowest BCUT2D eigenvalue weighted by molar-refractivity contribution is 0.0521. The van der Waals surface area contributed by atoms with Crippen LogP contribution in [0.25, 0.3) is 11.5 Å². The summed E-state index contributed by atoms with van der Waals surface area (Å²) in [6.45, 7) is 3.27. The Bertz CT molecular complexity index is 753. The van der Waals surface area contributed by atoms with Gasteiger partial charge in [0.15, 0.2) is 0 Å². The monoisotopic (exact) mass is 360 g/mol. The van der Waals surface area contributed by atoms with Crippen molar-refractivity contribution < 1.29 is 18.7 Å². The van der Waals surface area contributed by atoms with Crippen LogP contribution in [0.5, 0.6) is 5.75 Å². The van der Waals surface area contributed by atoms with Crippen molar-refractivity contribution in [2.75, 3.05) is 32.6 Å². The van der Waals surface area contributed by atoms with Crippen molar-refractivity contribution in [1.82, 2.24) is 15.1 Å². The molecule has 1 fully saturated rings. The lowest BCUT2D eigenvalue weighted by atomic mass is 10.1.